The van der Waals surface area contributed by atoms with E-state index in [1.165, 1.54) is 6.42 Å². The molecule has 0 aromatic rings. The number of carbonyl (C=O) groups excluding carboxylic acids is 1. The Hall–Kier alpha value is -1.43. The zero-order valence-corrected chi connectivity index (χ0v) is 14.5. The number of hydrogen-bond donors (Lipinski definition) is 1. The van der Waals surface area contributed by atoms with Gasteiger partial charge in [-0.2, -0.15) is 0 Å². The van der Waals surface area contributed by atoms with E-state index in [2.05, 4.69) is 20.8 Å². The molecule has 22 heavy (non-hydrogen) atoms. The summed E-state index contributed by atoms with van der Waals surface area (Å²) in [7, 11) is 0. The number of unbranched alkanes of at least 4 members (excludes halogenated alkanes) is 1. The monoisotopic (exact) mass is 314 g/mol. The first-order valence-corrected chi connectivity index (χ1v) is 7.85. The number of nitro groups is 1. The van der Waals surface area contributed by atoms with Gasteiger partial charge >= 0.3 is 11.6 Å². The Balaban J connectivity index is 0.000000425. The van der Waals surface area contributed by atoms with Gasteiger partial charge < -0.3 is 10.5 Å². The number of allylic oxidation sites excluding steroid dienone is 1. The molecule has 0 aliphatic carbocycles. The highest BCUT2D eigenvalue weighted by Crippen LogP contribution is 2.32. The Kier molecular flexibility index (Phi) is 8.94. The maximum absolute atomic E-state index is 10.7. The van der Waals surface area contributed by atoms with Gasteiger partial charge in [-0.25, -0.2) is 0 Å². The smallest absolute Gasteiger partial charge is 0.332 e. The second-order valence-corrected chi connectivity index (χ2v) is 6.58. The molecular weight excluding hydrogens is 284 g/mol. The molecule has 1 aliphatic heterocycles. The Morgan fingerprint density at radius 2 is 2.05 bits per heavy atom. The van der Waals surface area contributed by atoms with Crippen LogP contribution in [0.1, 0.15) is 60.3 Å². The molecule has 0 aromatic carbocycles. The average Bonchev–Trinajstić information content (AvgIpc) is 2.39. The van der Waals surface area contributed by atoms with E-state index in [-0.39, 0.29) is 0 Å². The van der Waals surface area contributed by atoms with Crippen LogP contribution in [0.4, 0.5) is 0 Å². The predicted molar refractivity (Wildman–Crippen MR) is 86.8 cm³/mol. The van der Waals surface area contributed by atoms with Gasteiger partial charge in [-0.05, 0) is 37.5 Å². The third-order valence-corrected chi connectivity index (χ3v) is 4.23. The summed E-state index contributed by atoms with van der Waals surface area (Å²) in [5, 5.41) is 10.4. The Morgan fingerprint density at radius 3 is 2.36 bits per heavy atom. The fourth-order valence-corrected chi connectivity index (χ4v) is 2.14. The van der Waals surface area contributed by atoms with Crippen molar-refractivity contribution in [3.05, 3.63) is 21.4 Å². The number of nitrogens with zero attached hydrogens (tertiary/aromatic N) is 1. The molecule has 1 aliphatic rings. The van der Waals surface area contributed by atoms with Gasteiger partial charge in [0.15, 0.2) is 0 Å². The number of nitrogens with two attached hydrogens (primary N) is 1. The fraction of sp³-hybridized carbons (Fsp3) is 0.812. The van der Waals surface area contributed by atoms with Crippen LogP contribution in [0.15, 0.2) is 11.3 Å². The Bertz CT molecular complexity index is 400. The SMILES string of the molecule is CC1CCOCC1(C)C.CCCC/C(C)=C(\C(N)=O)[N+](=O)[O-]. The molecular formula is C16H30N2O4. The molecule has 2 N–H and O–H groups in total. The van der Waals surface area contributed by atoms with Crippen molar-refractivity contribution in [2.24, 2.45) is 17.1 Å². The van der Waals surface area contributed by atoms with Crippen molar-refractivity contribution in [3.63, 3.8) is 0 Å². The maximum Gasteiger partial charge on any atom is 0.332 e. The second-order valence-electron chi connectivity index (χ2n) is 6.58. The number of ether oxygens (including phenoxy) is 1. The lowest BCUT2D eigenvalue weighted by atomic mass is 9.78. The van der Waals surface area contributed by atoms with Gasteiger partial charge in [-0.1, -0.05) is 34.1 Å². The van der Waals surface area contributed by atoms with Crippen molar-refractivity contribution >= 4 is 5.91 Å². The fourth-order valence-electron chi connectivity index (χ4n) is 2.14. The van der Waals surface area contributed by atoms with E-state index in [9.17, 15) is 14.9 Å². The van der Waals surface area contributed by atoms with Crippen LogP contribution >= 0.6 is 0 Å². The zero-order chi connectivity index (χ0) is 17.3. The molecule has 1 heterocycles. The molecule has 1 rings (SSSR count). The van der Waals surface area contributed by atoms with Crippen LogP contribution < -0.4 is 5.73 Å². The molecule has 1 unspecified atom stereocenters. The Labute approximate surface area is 133 Å². The van der Waals surface area contributed by atoms with E-state index < -0.39 is 16.5 Å². The van der Waals surface area contributed by atoms with E-state index in [0.29, 0.717) is 17.4 Å². The van der Waals surface area contributed by atoms with Crippen molar-refractivity contribution in [2.45, 2.75) is 60.3 Å². The summed E-state index contributed by atoms with van der Waals surface area (Å²) in [6, 6.07) is 0. The normalized spacial score (nSPS) is 21.2. The summed E-state index contributed by atoms with van der Waals surface area (Å²) in [5.74, 6) is -0.134. The van der Waals surface area contributed by atoms with Crippen molar-refractivity contribution in [2.75, 3.05) is 13.2 Å². The largest absolute Gasteiger partial charge is 0.381 e. The average molecular weight is 314 g/mol. The highest BCUT2D eigenvalue weighted by atomic mass is 16.6. The summed E-state index contributed by atoms with van der Waals surface area (Å²) < 4.78 is 5.36. The van der Waals surface area contributed by atoms with E-state index in [1.807, 2.05) is 6.92 Å². The lowest BCUT2D eigenvalue weighted by Crippen LogP contribution is -2.33. The van der Waals surface area contributed by atoms with Gasteiger partial charge in [0.25, 0.3) is 0 Å². The number of primary amides is 1. The highest BCUT2D eigenvalue weighted by molar-refractivity contribution is 5.90. The molecule has 1 saturated heterocycles. The molecule has 6 heteroatoms. The van der Waals surface area contributed by atoms with Gasteiger partial charge in [0.2, 0.25) is 0 Å². The van der Waals surface area contributed by atoms with E-state index >= 15 is 0 Å². The molecule has 0 bridgehead atoms. The Morgan fingerprint density at radius 1 is 1.45 bits per heavy atom. The quantitative estimate of drug-likeness (QED) is 0.478. The first kappa shape index (κ1) is 20.6. The number of amides is 1. The van der Waals surface area contributed by atoms with Gasteiger partial charge in [0, 0.05) is 12.2 Å². The third-order valence-electron chi connectivity index (χ3n) is 4.23. The first-order chi connectivity index (χ1) is 10.1. The minimum atomic E-state index is -0.960. The molecule has 0 spiro atoms. The van der Waals surface area contributed by atoms with Crippen LogP contribution in [0.5, 0.6) is 0 Å². The van der Waals surface area contributed by atoms with Crippen LogP contribution in [0.25, 0.3) is 0 Å². The summed E-state index contributed by atoms with van der Waals surface area (Å²) in [5.41, 5.74) is 5.28. The van der Waals surface area contributed by atoms with Crippen LogP contribution in [0.2, 0.25) is 0 Å². The second kappa shape index (κ2) is 9.56. The third kappa shape index (κ3) is 7.02. The van der Waals surface area contributed by atoms with E-state index in [1.54, 1.807) is 6.92 Å². The lowest BCUT2D eigenvalue weighted by Gasteiger charge is -2.35. The first-order valence-electron chi connectivity index (χ1n) is 7.85. The van der Waals surface area contributed by atoms with Gasteiger partial charge in [-0.3, -0.25) is 14.9 Å². The molecule has 128 valence electrons. The van der Waals surface area contributed by atoms with Crippen molar-refractivity contribution < 1.29 is 14.5 Å². The van der Waals surface area contributed by atoms with Crippen LogP contribution in [0.3, 0.4) is 0 Å². The van der Waals surface area contributed by atoms with Gasteiger partial charge in [0.05, 0.1) is 11.5 Å². The molecule has 1 amide bonds. The number of rotatable bonds is 5. The van der Waals surface area contributed by atoms with E-state index in [4.69, 9.17) is 10.5 Å². The zero-order valence-electron chi connectivity index (χ0n) is 14.5. The van der Waals surface area contributed by atoms with E-state index in [0.717, 1.165) is 32.0 Å². The lowest BCUT2D eigenvalue weighted by molar-refractivity contribution is -0.420. The molecule has 6 nitrogen and oxygen atoms in total. The number of hydrogen-bond acceptors (Lipinski definition) is 4. The molecule has 1 fully saturated rings. The van der Waals surface area contributed by atoms with Crippen LogP contribution in [-0.4, -0.2) is 24.0 Å². The maximum atomic E-state index is 10.7. The number of carbonyl (C=O) groups is 1. The minimum absolute atomic E-state index is 0.415. The topological polar surface area (TPSA) is 95.5 Å². The highest BCUT2D eigenvalue weighted by Gasteiger charge is 2.29. The standard InChI is InChI=1S/C8H14N2O3.C8H16O/c1-3-4-5-6(2)7(8(9)11)10(12)13;1-7-4-5-9-6-8(7,2)3/h3-5H2,1-2H3,(H2,9,11);7H,4-6H2,1-3H3/b7-6+;. The summed E-state index contributed by atoms with van der Waals surface area (Å²) in [4.78, 5) is 20.3. The van der Waals surface area contributed by atoms with Crippen molar-refractivity contribution in [1.82, 2.24) is 0 Å². The minimum Gasteiger partial charge on any atom is -0.381 e. The van der Waals surface area contributed by atoms with Gasteiger partial charge in [0.1, 0.15) is 0 Å². The predicted octanol–water partition coefficient (Wildman–Crippen LogP) is 3.28. The molecule has 0 saturated carbocycles. The van der Waals surface area contributed by atoms with Gasteiger partial charge in [-0.15, -0.1) is 0 Å². The van der Waals surface area contributed by atoms with Crippen LogP contribution in [0, 0.1) is 21.4 Å². The van der Waals surface area contributed by atoms with Crippen molar-refractivity contribution in [3.8, 4) is 0 Å². The molecule has 0 radical (unpaired) electrons. The van der Waals surface area contributed by atoms with Crippen molar-refractivity contribution in [1.29, 1.82) is 0 Å². The molecule has 1 atom stereocenters. The summed E-state index contributed by atoms with van der Waals surface area (Å²) in [6.45, 7) is 12.3. The summed E-state index contributed by atoms with van der Waals surface area (Å²) in [6.07, 6.45) is 3.54. The van der Waals surface area contributed by atoms with Crippen LogP contribution in [-0.2, 0) is 9.53 Å². The molecule has 0 aromatic heterocycles. The summed E-state index contributed by atoms with van der Waals surface area (Å²) >= 11 is 0.